The van der Waals surface area contributed by atoms with Crippen molar-refractivity contribution in [3.8, 4) is 0 Å². The van der Waals surface area contributed by atoms with Gasteiger partial charge in [-0.05, 0) is 32.8 Å². The number of aryl methyl sites for hydroxylation is 1. The third kappa shape index (κ3) is 4.68. The molecule has 0 amide bonds. The van der Waals surface area contributed by atoms with Gasteiger partial charge in [-0.3, -0.25) is 4.98 Å². The highest BCUT2D eigenvalue weighted by atomic mass is 16.5. The zero-order chi connectivity index (χ0) is 15.2. The average molecular weight is 291 g/mol. The van der Waals surface area contributed by atoms with E-state index in [9.17, 15) is 0 Å². The molecule has 1 unspecified atom stereocenters. The smallest absolute Gasteiger partial charge is 0.0750 e. The lowest BCUT2D eigenvalue weighted by atomic mass is 10.1. The molecule has 0 aromatic carbocycles. The summed E-state index contributed by atoms with van der Waals surface area (Å²) in [4.78, 5) is 6.90. The number of hydrogen-bond acceptors (Lipinski definition) is 4. The standard InChI is InChI=1S/C17H29N3O/c1-5-20(12-16-7-6-8-21-16)17-9-14(4)19-11-15(17)10-18-13(2)3/h9,11,13,16,18H,5-8,10,12H2,1-4H3. The van der Waals surface area contributed by atoms with Crippen LogP contribution in [-0.4, -0.2) is 36.8 Å². The molecule has 4 nitrogen and oxygen atoms in total. The van der Waals surface area contributed by atoms with Crippen LogP contribution in [0.15, 0.2) is 12.3 Å². The van der Waals surface area contributed by atoms with Crippen molar-refractivity contribution in [3.63, 3.8) is 0 Å². The maximum absolute atomic E-state index is 5.80. The van der Waals surface area contributed by atoms with E-state index >= 15 is 0 Å². The SMILES string of the molecule is CCN(CC1CCCO1)c1cc(C)ncc1CNC(C)C. The molecule has 0 aliphatic carbocycles. The van der Waals surface area contributed by atoms with Crippen LogP contribution in [0.3, 0.4) is 0 Å². The zero-order valence-corrected chi connectivity index (χ0v) is 13.9. The Balaban J connectivity index is 2.14. The van der Waals surface area contributed by atoms with E-state index in [-0.39, 0.29) is 0 Å². The van der Waals surface area contributed by atoms with Crippen molar-refractivity contribution in [1.82, 2.24) is 10.3 Å². The number of likely N-dealkylation sites (N-methyl/N-ethyl adjacent to an activating group) is 1. The van der Waals surface area contributed by atoms with Crippen LogP contribution in [0.25, 0.3) is 0 Å². The number of pyridine rings is 1. The van der Waals surface area contributed by atoms with Gasteiger partial charge in [0.05, 0.1) is 6.10 Å². The van der Waals surface area contributed by atoms with Crippen LogP contribution < -0.4 is 10.2 Å². The highest BCUT2D eigenvalue weighted by molar-refractivity contribution is 5.53. The van der Waals surface area contributed by atoms with E-state index in [0.29, 0.717) is 12.1 Å². The number of anilines is 1. The minimum absolute atomic E-state index is 0.379. The Bertz CT molecular complexity index is 442. The topological polar surface area (TPSA) is 37.4 Å². The minimum atomic E-state index is 0.379. The molecule has 1 aliphatic heterocycles. The van der Waals surface area contributed by atoms with E-state index in [0.717, 1.165) is 31.9 Å². The molecule has 2 heterocycles. The molecule has 1 atom stereocenters. The summed E-state index contributed by atoms with van der Waals surface area (Å²) in [6.45, 7) is 12.4. The van der Waals surface area contributed by atoms with Crippen LogP contribution in [0.5, 0.6) is 0 Å². The van der Waals surface area contributed by atoms with Gasteiger partial charge >= 0.3 is 0 Å². The van der Waals surface area contributed by atoms with Crippen molar-refractivity contribution >= 4 is 5.69 Å². The van der Waals surface area contributed by atoms with Crippen LogP contribution in [0.4, 0.5) is 5.69 Å². The van der Waals surface area contributed by atoms with Gasteiger partial charge in [-0.15, -0.1) is 0 Å². The first-order chi connectivity index (χ1) is 10.1. The molecule has 1 N–H and O–H groups in total. The first-order valence-corrected chi connectivity index (χ1v) is 8.15. The van der Waals surface area contributed by atoms with E-state index in [4.69, 9.17) is 4.74 Å². The number of nitrogens with zero attached hydrogens (tertiary/aromatic N) is 2. The van der Waals surface area contributed by atoms with Gasteiger partial charge in [-0.2, -0.15) is 0 Å². The van der Waals surface area contributed by atoms with Crippen LogP contribution in [0.1, 0.15) is 44.9 Å². The third-order valence-corrected chi connectivity index (χ3v) is 3.97. The molecular weight excluding hydrogens is 262 g/mol. The van der Waals surface area contributed by atoms with Gasteiger partial charge < -0.3 is 15.0 Å². The first-order valence-electron chi connectivity index (χ1n) is 8.15. The molecule has 118 valence electrons. The second-order valence-corrected chi connectivity index (χ2v) is 6.16. The van der Waals surface area contributed by atoms with Crippen LogP contribution in [0, 0.1) is 6.92 Å². The number of aromatic nitrogens is 1. The Hall–Kier alpha value is -1.13. The van der Waals surface area contributed by atoms with E-state index in [1.54, 1.807) is 0 Å². The molecule has 21 heavy (non-hydrogen) atoms. The van der Waals surface area contributed by atoms with Crippen molar-refractivity contribution in [2.75, 3.05) is 24.6 Å². The third-order valence-electron chi connectivity index (χ3n) is 3.97. The Kier molecular flexibility index (Phi) is 6.00. The largest absolute Gasteiger partial charge is 0.376 e. The Morgan fingerprint density at radius 1 is 1.48 bits per heavy atom. The minimum Gasteiger partial charge on any atom is -0.376 e. The lowest BCUT2D eigenvalue weighted by Gasteiger charge is -2.28. The summed E-state index contributed by atoms with van der Waals surface area (Å²) in [6, 6.07) is 2.68. The summed E-state index contributed by atoms with van der Waals surface area (Å²) >= 11 is 0. The fourth-order valence-corrected chi connectivity index (χ4v) is 2.75. The first kappa shape index (κ1) is 16.2. The Labute approximate surface area is 128 Å². The maximum Gasteiger partial charge on any atom is 0.0750 e. The maximum atomic E-state index is 5.80. The number of ether oxygens (including phenoxy) is 1. The molecule has 0 radical (unpaired) electrons. The van der Waals surface area contributed by atoms with E-state index in [2.05, 4.69) is 49.0 Å². The van der Waals surface area contributed by atoms with Gasteiger partial charge in [0.25, 0.3) is 0 Å². The second kappa shape index (κ2) is 7.76. The second-order valence-electron chi connectivity index (χ2n) is 6.16. The predicted molar refractivity (Wildman–Crippen MR) is 87.8 cm³/mol. The average Bonchev–Trinajstić information content (AvgIpc) is 2.96. The molecule has 2 rings (SSSR count). The molecule has 0 bridgehead atoms. The highest BCUT2D eigenvalue weighted by Gasteiger charge is 2.20. The zero-order valence-electron chi connectivity index (χ0n) is 13.9. The van der Waals surface area contributed by atoms with Crippen molar-refractivity contribution in [3.05, 3.63) is 23.5 Å². The lowest BCUT2D eigenvalue weighted by molar-refractivity contribution is 0.115. The van der Waals surface area contributed by atoms with Crippen molar-refractivity contribution in [2.45, 2.75) is 59.2 Å². The molecule has 1 fully saturated rings. The Morgan fingerprint density at radius 2 is 2.29 bits per heavy atom. The summed E-state index contributed by atoms with van der Waals surface area (Å²) < 4.78 is 5.80. The van der Waals surface area contributed by atoms with Crippen LogP contribution >= 0.6 is 0 Å². The molecule has 0 saturated carbocycles. The summed E-state index contributed by atoms with van der Waals surface area (Å²) in [7, 11) is 0. The number of rotatable bonds is 7. The normalized spacial score (nSPS) is 18.4. The van der Waals surface area contributed by atoms with Crippen LogP contribution in [-0.2, 0) is 11.3 Å². The Morgan fingerprint density at radius 3 is 2.90 bits per heavy atom. The van der Waals surface area contributed by atoms with Gasteiger partial charge in [0.1, 0.15) is 0 Å². The number of nitrogens with one attached hydrogen (secondary N) is 1. The molecule has 1 aliphatic rings. The van der Waals surface area contributed by atoms with Crippen LogP contribution in [0.2, 0.25) is 0 Å². The van der Waals surface area contributed by atoms with E-state index in [1.807, 2.05) is 6.20 Å². The van der Waals surface area contributed by atoms with E-state index in [1.165, 1.54) is 24.1 Å². The van der Waals surface area contributed by atoms with Gasteiger partial charge in [-0.1, -0.05) is 13.8 Å². The quantitative estimate of drug-likeness (QED) is 0.838. The molecular formula is C17H29N3O. The van der Waals surface area contributed by atoms with Crippen molar-refractivity contribution in [2.24, 2.45) is 0 Å². The monoisotopic (exact) mass is 291 g/mol. The molecule has 1 saturated heterocycles. The van der Waals surface area contributed by atoms with Gasteiger partial charge in [0, 0.05) is 55.4 Å². The van der Waals surface area contributed by atoms with Gasteiger partial charge in [0.15, 0.2) is 0 Å². The summed E-state index contributed by atoms with van der Waals surface area (Å²) in [5.41, 5.74) is 3.65. The molecule has 1 aromatic rings. The summed E-state index contributed by atoms with van der Waals surface area (Å²) in [5.74, 6) is 0. The number of hydrogen-bond donors (Lipinski definition) is 1. The summed E-state index contributed by atoms with van der Waals surface area (Å²) in [6.07, 6.45) is 4.77. The summed E-state index contributed by atoms with van der Waals surface area (Å²) in [5, 5.41) is 3.50. The molecule has 4 heteroatoms. The lowest BCUT2D eigenvalue weighted by Crippen LogP contribution is -2.33. The molecule has 1 aromatic heterocycles. The van der Waals surface area contributed by atoms with Gasteiger partial charge in [0.2, 0.25) is 0 Å². The van der Waals surface area contributed by atoms with Crippen molar-refractivity contribution < 1.29 is 4.74 Å². The highest BCUT2D eigenvalue weighted by Crippen LogP contribution is 2.23. The molecule has 0 spiro atoms. The van der Waals surface area contributed by atoms with E-state index < -0.39 is 0 Å². The predicted octanol–water partition coefficient (Wildman–Crippen LogP) is 2.89. The fourth-order valence-electron chi connectivity index (χ4n) is 2.75. The fraction of sp³-hybridized carbons (Fsp3) is 0.706. The van der Waals surface area contributed by atoms with Crippen molar-refractivity contribution in [1.29, 1.82) is 0 Å². The van der Waals surface area contributed by atoms with Gasteiger partial charge in [-0.25, -0.2) is 0 Å².